The van der Waals surface area contributed by atoms with Gasteiger partial charge < -0.3 is 19.5 Å². The summed E-state index contributed by atoms with van der Waals surface area (Å²) in [6.07, 6.45) is 3.48. The zero-order chi connectivity index (χ0) is 15.2. The van der Waals surface area contributed by atoms with Crippen molar-refractivity contribution in [3.8, 4) is 11.5 Å². The average molecular weight is 314 g/mol. The van der Waals surface area contributed by atoms with Crippen LogP contribution >= 0.6 is 11.6 Å². The van der Waals surface area contributed by atoms with Crippen molar-refractivity contribution in [2.45, 2.75) is 38.3 Å². The topological polar surface area (TPSA) is 39.7 Å². The van der Waals surface area contributed by atoms with Gasteiger partial charge in [-0.1, -0.05) is 18.5 Å². The summed E-state index contributed by atoms with van der Waals surface area (Å²) in [7, 11) is 3.25. The van der Waals surface area contributed by atoms with Crippen LogP contribution in [0.5, 0.6) is 11.5 Å². The maximum Gasteiger partial charge on any atom is 0.162 e. The summed E-state index contributed by atoms with van der Waals surface area (Å²) in [5.74, 6) is 1.35. The Balaban J connectivity index is 2.25. The van der Waals surface area contributed by atoms with Crippen molar-refractivity contribution >= 4 is 11.6 Å². The Kier molecular flexibility index (Phi) is 6.15. The molecular formula is C16H24ClNO3. The number of ether oxygens (including phenoxy) is 3. The van der Waals surface area contributed by atoms with Gasteiger partial charge in [0.05, 0.1) is 20.3 Å². The fourth-order valence-corrected chi connectivity index (χ4v) is 3.08. The van der Waals surface area contributed by atoms with Gasteiger partial charge in [0, 0.05) is 23.7 Å². The summed E-state index contributed by atoms with van der Waals surface area (Å²) >= 11 is 6.44. The summed E-state index contributed by atoms with van der Waals surface area (Å²) in [5, 5.41) is 4.19. The zero-order valence-corrected chi connectivity index (χ0v) is 13.7. The van der Waals surface area contributed by atoms with E-state index >= 15 is 0 Å². The fourth-order valence-electron chi connectivity index (χ4n) is 2.80. The molecule has 1 aliphatic heterocycles. The third-order valence-electron chi connectivity index (χ3n) is 3.85. The van der Waals surface area contributed by atoms with E-state index in [1.54, 1.807) is 14.2 Å². The van der Waals surface area contributed by atoms with Gasteiger partial charge in [0.1, 0.15) is 0 Å². The van der Waals surface area contributed by atoms with Gasteiger partial charge in [-0.2, -0.15) is 0 Å². The molecule has 5 heteroatoms. The second-order valence-electron chi connectivity index (χ2n) is 5.21. The monoisotopic (exact) mass is 313 g/mol. The zero-order valence-electron chi connectivity index (χ0n) is 12.9. The van der Waals surface area contributed by atoms with Gasteiger partial charge in [-0.15, -0.1) is 0 Å². The molecule has 0 amide bonds. The number of benzene rings is 1. The molecule has 2 atom stereocenters. The molecule has 0 saturated carbocycles. The van der Waals surface area contributed by atoms with Crippen molar-refractivity contribution in [2.75, 3.05) is 27.4 Å². The number of hydrogen-bond acceptors (Lipinski definition) is 4. The minimum atomic E-state index is 0.158. The van der Waals surface area contributed by atoms with Crippen LogP contribution in [0, 0.1) is 0 Å². The van der Waals surface area contributed by atoms with E-state index in [0.717, 1.165) is 38.0 Å². The van der Waals surface area contributed by atoms with Crippen LogP contribution in [0.3, 0.4) is 0 Å². The van der Waals surface area contributed by atoms with Crippen LogP contribution < -0.4 is 14.8 Å². The van der Waals surface area contributed by atoms with Gasteiger partial charge in [0.25, 0.3) is 0 Å². The Labute approximate surface area is 131 Å². The molecule has 1 aromatic rings. The number of methoxy groups -OCH3 is 2. The van der Waals surface area contributed by atoms with E-state index in [4.69, 9.17) is 25.8 Å². The molecule has 1 N–H and O–H groups in total. The molecule has 0 aliphatic carbocycles. The van der Waals surface area contributed by atoms with E-state index in [2.05, 4.69) is 12.2 Å². The first kappa shape index (κ1) is 16.4. The summed E-state index contributed by atoms with van der Waals surface area (Å²) < 4.78 is 16.4. The molecular weight excluding hydrogens is 290 g/mol. The largest absolute Gasteiger partial charge is 0.493 e. The highest BCUT2D eigenvalue weighted by Gasteiger charge is 2.24. The second-order valence-corrected chi connectivity index (χ2v) is 5.62. The molecule has 0 bridgehead atoms. The number of nitrogens with one attached hydrogen (secondary N) is 1. The van der Waals surface area contributed by atoms with Gasteiger partial charge in [-0.05, 0) is 37.4 Å². The summed E-state index contributed by atoms with van der Waals surface area (Å²) in [4.78, 5) is 0. The third-order valence-corrected chi connectivity index (χ3v) is 4.18. The van der Waals surface area contributed by atoms with Gasteiger partial charge in [-0.25, -0.2) is 0 Å². The summed E-state index contributed by atoms with van der Waals surface area (Å²) in [5.41, 5.74) is 1.03. The SMILES string of the molecule is CCNC(CC1CCCO1)c1cc(OC)c(OC)cc1Cl. The first-order chi connectivity index (χ1) is 10.2. The third kappa shape index (κ3) is 4.02. The van der Waals surface area contributed by atoms with Gasteiger partial charge in [-0.3, -0.25) is 0 Å². The summed E-state index contributed by atoms with van der Waals surface area (Å²) in [6.45, 7) is 3.84. The molecule has 2 unspecified atom stereocenters. The molecule has 1 saturated heterocycles. The van der Waals surface area contributed by atoms with E-state index in [1.165, 1.54) is 0 Å². The molecule has 4 nitrogen and oxygen atoms in total. The van der Waals surface area contributed by atoms with Crippen molar-refractivity contribution in [2.24, 2.45) is 0 Å². The number of rotatable bonds is 7. The van der Waals surface area contributed by atoms with Crippen LogP contribution in [0.25, 0.3) is 0 Å². The van der Waals surface area contributed by atoms with Crippen LogP contribution in [0.4, 0.5) is 0 Å². The lowest BCUT2D eigenvalue weighted by molar-refractivity contribution is 0.0947. The maximum absolute atomic E-state index is 6.44. The second kappa shape index (κ2) is 7.87. The van der Waals surface area contributed by atoms with E-state index in [0.29, 0.717) is 22.6 Å². The van der Waals surface area contributed by atoms with Crippen LogP contribution in [0.15, 0.2) is 12.1 Å². The van der Waals surface area contributed by atoms with Crippen LogP contribution in [-0.4, -0.2) is 33.5 Å². The molecule has 1 heterocycles. The number of hydrogen-bond donors (Lipinski definition) is 1. The highest BCUT2D eigenvalue weighted by molar-refractivity contribution is 6.31. The predicted octanol–water partition coefficient (Wildman–Crippen LogP) is 3.58. The molecule has 21 heavy (non-hydrogen) atoms. The molecule has 1 aliphatic rings. The van der Waals surface area contributed by atoms with Crippen LogP contribution in [0.2, 0.25) is 5.02 Å². The maximum atomic E-state index is 6.44. The minimum absolute atomic E-state index is 0.158. The predicted molar refractivity (Wildman–Crippen MR) is 84.6 cm³/mol. The fraction of sp³-hybridized carbons (Fsp3) is 0.625. The Hall–Kier alpha value is -0.970. The Morgan fingerprint density at radius 1 is 1.33 bits per heavy atom. The van der Waals surface area contributed by atoms with Crippen molar-refractivity contribution < 1.29 is 14.2 Å². The van der Waals surface area contributed by atoms with Crippen molar-refractivity contribution in [1.29, 1.82) is 0 Å². The number of halogens is 1. The first-order valence-electron chi connectivity index (χ1n) is 7.46. The van der Waals surface area contributed by atoms with Crippen molar-refractivity contribution in [3.05, 3.63) is 22.7 Å². The quantitative estimate of drug-likeness (QED) is 0.835. The molecule has 0 spiro atoms. The van der Waals surface area contributed by atoms with E-state index in [1.807, 2.05) is 12.1 Å². The minimum Gasteiger partial charge on any atom is -0.493 e. The average Bonchev–Trinajstić information content (AvgIpc) is 2.99. The normalized spacial score (nSPS) is 19.5. The van der Waals surface area contributed by atoms with Crippen molar-refractivity contribution in [1.82, 2.24) is 5.32 Å². The van der Waals surface area contributed by atoms with E-state index in [9.17, 15) is 0 Å². The molecule has 2 rings (SSSR count). The van der Waals surface area contributed by atoms with E-state index < -0.39 is 0 Å². The standard InChI is InChI=1S/C16H24ClNO3/c1-4-18-14(8-11-6-5-7-21-11)12-9-15(19-2)16(20-3)10-13(12)17/h9-11,14,18H,4-8H2,1-3H3. The van der Waals surface area contributed by atoms with Crippen LogP contribution in [0.1, 0.15) is 37.8 Å². The highest BCUT2D eigenvalue weighted by Crippen LogP contribution is 2.37. The molecule has 0 radical (unpaired) electrons. The van der Waals surface area contributed by atoms with Gasteiger partial charge in [0.2, 0.25) is 0 Å². The summed E-state index contributed by atoms with van der Waals surface area (Å²) in [6, 6.07) is 3.93. The lowest BCUT2D eigenvalue weighted by Crippen LogP contribution is -2.25. The van der Waals surface area contributed by atoms with Gasteiger partial charge in [0.15, 0.2) is 11.5 Å². The highest BCUT2D eigenvalue weighted by atomic mass is 35.5. The Morgan fingerprint density at radius 2 is 2.05 bits per heavy atom. The Bertz CT molecular complexity index is 461. The Morgan fingerprint density at radius 3 is 2.62 bits per heavy atom. The molecule has 1 fully saturated rings. The molecule has 118 valence electrons. The van der Waals surface area contributed by atoms with Crippen molar-refractivity contribution in [3.63, 3.8) is 0 Å². The van der Waals surface area contributed by atoms with E-state index in [-0.39, 0.29) is 6.04 Å². The van der Waals surface area contributed by atoms with Gasteiger partial charge >= 0.3 is 0 Å². The molecule has 0 aromatic heterocycles. The lowest BCUT2D eigenvalue weighted by atomic mass is 9.98. The molecule has 1 aromatic carbocycles. The smallest absolute Gasteiger partial charge is 0.162 e. The van der Waals surface area contributed by atoms with Crippen LogP contribution in [-0.2, 0) is 4.74 Å². The first-order valence-corrected chi connectivity index (χ1v) is 7.83. The lowest BCUT2D eigenvalue weighted by Gasteiger charge is -2.23.